The Balaban J connectivity index is 1.37. The van der Waals surface area contributed by atoms with E-state index in [1.165, 1.54) is 0 Å². The Hall–Kier alpha value is -5.66. The molecule has 2 aromatic heterocycles. The largest absolute Gasteiger partial charge is 0.456 e. The predicted octanol–water partition coefficient (Wildman–Crippen LogP) is 9.63. The highest BCUT2D eigenvalue weighted by molar-refractivity contribution is 7.99. The number of fused-ring (bicyclic) bond motifs is 11. The first-order valence-electron chi connectivity index (χ1n) is 16.5. The van der Waals surface area contributed by atoms with Crippen LogP contribution in [0.3, 0.4) is 0 Å². The average Bonchev–Trinajstić information content (AvgIpc) is 3.53. The van der Waals surface area contributed by atoms with Crippen molar-refractivity contribution in [2.45, 2.75) is 22.1 Å². The number of aromatic nitrogens is 1. The van der Waals surface area contributed by atoms with Crippen LogP contribution in [-0.2, 0) is 9.98 Å². The van der Waals surface area contributed by atoms with Gasteiger partial charge in [-0.05, 0) is 82.8 Å². The lowest BCUT2D eigenvalue weighted by molar-refractivity contribution is 0.589. The van der Waals surface area contributed by atoms with Crippen LogP contribution in [0.2, 0.25) is 0 Å². The van der Waals surface area contributed by atoms with Gasteiger partial charge >= 0.3 is 0 Å². The van der Waals surface area contributed by atoms with Crippen molar-refractivity contribution in [2.75, 3.05) is 0 Å². The first-order valence-corrected chi connectivity index (χ1v) is 19.1. The Morgan fingerprint density at radius 3 is 2.24 bits per heavy atom. The highest BCUT2D eigenvalue weighted by Gasteiger charge is 2.54. The Labute approximate surface area is 293 Å². The van der Waals surface area contributed by atoms with Crippen LogP contribution in [0, 0.1) is 18.3 Å². The van der Waals surface area contributed by atoms with Crippen LogP contribution in [0.25, 0.3) is 33.1 Å². The zero-order chi connectivity index (χ0) is 33.6. The SMILES string of the molecule is Cc1cc(-c2ccc3c(c2)Sc2ccccc2C32c3ccccc3P(=O)(c3ccccc3)c3cc4oc5ccccc5c4cc32)cc(C#N)n1. The van der Waals surface area contributed by atoms with E-state index in [4.69, 9.17) is 4.42 Å². The van der Waals surface area contributed by atoms with Gasteiger partial charge in [0.25, 0.3) is 0 Å². The van der Waals surface area contributed by atoms with E-state index >= 15 is 4.57 Å². The number of aryl methyl sites for hydroxylation is 1. The fourth-order valence-corrected chi connectivity index (χ4v) is 12.7. The van der Waals surface area contributed by atoms with E-state index in [-0.39, 0.29) is 0 Å². The molecule has 10 rings (SSSR count). The van der Waals surface area contributed by atoms with Crippen molar-refractivity contribution in [2.24, 2.45) is 0 Å². The van der Waals surface area contributed by atoms with Gasteiger partial charge < -0.3 is 8.98 Å². The van der Waals surface area contributed by atoms with Crippen LogP contribution in [0.5, 0.6) is 0 Å². The fraction of sp³-hybridized carbons (Fsp3) is 0.0455. The minimum atomic E-state index is -3.39. The molecule has 0 N–H and O–H groups in total. The molecule has 8 aromatic rings. The zero-order valence-corrected chi connectivity index (χ0v) is 28.6. The summed E-state index contributed by atoms with van der Waals surface area (Å²) in [5, 5.41) is 14.2. The van der Waals surface area contributed by atoms with Crippen LogP contribution in [0.15, 0.2) is 160 Å². The van der Waals surface area contributed by atoms with E-state index < -0.39 is 12.6 Å². The molecule has 1 spiro atoms. The number of hydrogen-bond acceptors (Lipinski definition) is 5. The molecule has 6 heteroatoms. The normalized spacial score (nSPS) is 18.6. The van der Waals surface area contributed by atoms with Gasteiger partial charge in [0.15, 0.2) is 7.14 Å². The summed E-state index contributed by atoms with van der Waals surface area (Å²) in [6.07, 6.45) is 0. The number of para-hydroxylation sites is 1. The second-order valence-electron chi connectivity index (χ2n) is 13.0. The van der Waals surface area contributed by atoms with Crippen LogP contribution < -0.4 is 15.9 Å². The summed E-state index contributed by atoms with van der Waals surface area (Å²) in [6, 6.07) is 52.1. The molecule has 2 aliphatic heterocycles. The molecule has 2 atom stereocenters. The van der Waals surface area contributed by atoms with E-state index in [0.29, 0.717) is 5.69 Å². The number of pyridine rings is 1. The third kappa shape index (κ3) is 3.89. The molecule has 0 saturated carbocycles. The number of nitrogens with zero attached hydrogens (tertiary/aromatic N) is 2. The van der Waals surface area contributed by atoms with Crippen LogP contribution >= 0.6 is 18.9 Å². The van der Waals surface area contributed by atoms with E-state index in [1.807, 2.05) is 73.7 Å². The van der Waals surface area contributed by atoms with Crippen molar-refractivity contribution < 1.29 is 8.98 Å². The molecular weight excluding hydrogens is 652 g/mol. The lowest BCUT2D eigenvalue weighted by Gasteiger charge is -2.47. The maximum atomic E-state index is 16.2. The second kappa shape index (κ2) is 10.7. The van der Waals surface area contributed by atoms with Gasteiger partial charge in [-0.25, -0.2) is 4.98 Å². The first kappa shape index (κ1) is 29.3. The van der Waals surface area contributed by atoms with Crippen LogP contribution in [0.1, 0.15) is 33.6 Å². The third-order valence-corrected chi connectivity index (χ3v) is 14.6. The molecule has 0 amide bonds. The molecule has 236 valence electrons. The van der Waals surface area contributed by atoms with Crippen molar-refractivity contribution in [3.8, 4) is 17.2 Å². The zero-order valence-electron chi connectivity index (χ0n) is 26.9. The summed E-state index contributed by atoms with van der Waals surface area (Å²) in [5.74, 6) is 0. The lowest BCUT2D eigenvalue weighted by Crippen LogP contribution is -2.48. The quantitative estimate of drug-likeness (QED) is 0.170. The molecule has 0 aliphatic carbocycles. The molecule has 50 heavy (non-hydrogen) atoms. The van der Waals surface area contributed by atoms with Crippen molar-refractivity contribution in [3.63, 3.8) is 0 Å². The van der Waals surface area contributed by atoms with E-state index in [9.17, 15) is 5.26 Å². The highest BCUT2D eigenvalue weighted by atomic mass is 32.2. The Bertz CT molecular complexity index is 2820. The van der Waals surface area contributed by atoms with Gasteiger partial charge in [-0.2, -0.15) is 5.26 Å². The van der Waals surface area contributed by atoms with Gasteiger partial charge in [0.2, 0.25) is 0 Å². The number of rotatable bonds is 2. The van der Waals surface area contributed by atoms with Crippen LogP contribution in [-0.4, -0.2) is 4.98 Å². The Kier molecular flexibility index (Phi) is 6.25. The summed E-state index contributed by atoms with van der Waals surface area (Å²) in [4.78, 5) is 6.66. The third-order valence-electron chi connectivity index (χ3n) is 10.3. The molecular formula is C44H27N2O2PS. The van der Waals surface area contributed by atoms with Gasteiger partial charge in [-0.3, -0.25) is 0 Å². The molecule has 0 radical (unpaired) electrons. The fourth-order valence-electron chi connectivity index (χ4n) is 8.28. The van der Waals surface area contributed by atoms with E-state index in [1.54, 1.807) is 11.8 Å². The summed E-state index contributed by atoms with van der Waals surface area (Å²) >= 11 is 1.76. The summed E-state index contributed by atoms with van der Waals surface area (Å²) in [6.45, 7) is 1.92. The number of benzene rings is 6. The first-order chi connectivity index (χ1) is 24.5. The number of hydrogen-bond donors (Lipinski definition) is 0. The van der Waals surface area contributed by atoms with Gasteiger partial charge in [0, 0.05) is 42.2 Å². The maximum absolute atomic E-state index is 16.2. The second-order valence-corrected chi connectivity index (χ2v) is 16.8. The molecule has 2 unspecified atom stereocenters. The molecule has 4 heterocycles. The molecule has 0 saturated heterocycles. The highest BCUT2D eigenvalue weighted by Crippen LogP contribution is 2.62. The molecule has 4 nitrogen and oxygen atoms in total. The summed E-state index contributed by atoms with van der Waals surface area (Å²) < 4.78 is 22.7. The maximum Gasteiger partial charge on any atom is 0.171 e. The summed E-state index contributed by atoms with van der Waals surface area (Å²) in [5.41, 5.74) is 8.27. The van der Waals surface area contributed by atoms with Crippen molar-refractivity contribution >= 4 is 56.8 Å². The molecule has 0 bridgehead atoms. The monoisotopic (exact) mass is 678 g/mol. The van der Waals surface area contributed by atoms with Gasteiger partial charge in [-0.1, -0.05) is 115 Å². The van der Waals surface area contributed by atoms with Crippen LogP contribution in [0.4, 0.5) is 0 Å². The molecule has 0 fully saturated rings. The van der Waals surface area contributed by atoms with Gasteiger partial charge in [0.05, 0.1) is 5.41 Å². The smallest absolute Gasteiger partial charge is 0.171 e. The molecule has 6 aromatic carbocycles. The van der Waals surface area contributed by atoms with E-state index in [0.717, 1.165) is 86.7 Å². The number of nitriles is 1. The molecule has 2 aliphatic rings. The van der Waals surface area contributed by atoms with Crippen molar-refractivity contribution in [1.29, 1.82) is 5.26 Å². The minimum Gasteiger partial charge on any atom is -0.456 e. The minimum absolute atomic E-state index is 0.398. The lowest BCUT2D eigenvalue weighted by atomic mass is 9.64. The Morgan fingerprint density at radius 2 is 1.38 bits per heavy atom. The average molecular weight is 679 g/mol. The predicted molar refractivity (Wildman–Crippen MR) is 202 cm³/mol. The van der Waals surface area contributed by atoms with Crippen molar-refractivity contribution in [3.05, 3.63) is 179 Å². The van der Waals surface area contributed by atoms with Crippen molar-refractivity contribution in [1.82, 2.24) is 4.98 Å². The summed E-state index contributed by atoms with van der Waals surface area (Å²) in [7, 11) is -3.39. The standard InChI is InChI=1S/C44H27N2O2PS/c1-27-21-29(22-30(26-45)46-27)28-19-20-36-43(23-28)50-42-18-10-7-15-35(42)44(36)34-14-6-9-17-40(34)49(47,31-11-3-2-4-12-31)41-25-39-33(24-37(41)44)32-13-5-8-16-38(32)48-39/h2-25H,1H3. The number of furan rings is 1. The van der Waals surface area contributed by atoms with Gasteiger partial charge in [-0.15, -0.1) is 0 Å². The van der Waals surface area contributed by atoms with Gasteiger partial charge in [0.1, 0.15) is 22.9 Å². The van der Waals surface area contributed by atoms with E-state index in [2.05, 4.69) is 89.9 Å². The Morgan fingerprint density at radius 1 is 0.640 bits per heavy atom. The topological polar surface area (TPSA) is 66.9 Å².